The summed E-state index contributed by atoms with van der Waals surface area (Å²) in [6, 6.07) is 1.68. The third-order valence-electron chi connectivity index (χ3n) is 2.67. The van der Waals surface area contributed by atoms with Gasteiger partial charge < -0.3 is 4.74 Å². The first kappa shape index (κ1) is 18.9. The average molecular weight is 445 g/mol. The lowest BCUT2D eigenvalue weighted by atomic mass is 10.1. The lowest BCUT2D eigenvalue weighted by Crippen LogP contribution is -2.17. The molecule has 0 unspecified atom stereocenters. The minimum atomic E-state index is -3.39. The molecule has 21 heavy (non-hydrogen) atoms. The second-order valence-corrected chi connectivity index (χ2v) is 9.98. The highest BCUT2D eigenvalue weighted by Gasteiger charge is 2.17. The maximum absolute atomic E-state index is 11.7. The summed E-state index contributed by atoms with van der Waals surface area (Å²) in [5, 5.41) is 0. The SMILES string of the molecule is CNS(=O)(=O)c1cc(CCCC(=O)OCC(C)C)c(I)s1. The van der Waals surface area contributed by atoms with Gasteiger partial charge in [0.1, 0.15) is 4.21 Å². The molecule has 0 fully saturated rings. The Labute approximate surface area is 143 Å². The molecule has 0 bridgehead atoms. The number of sulfonamides is 1. The van der Waals surface area contributed by atoms with Crippen LogP contribution < -0.4 is 4.72 Å². The van der Waals surface area contributed by atoms with Crippen molar-refractivity contribution in [2.24, 2.45) is 5.92 Å². The fourth-order valence-corrected chi connectivity index (χ4v) is 5.23. The van der Waals surface area contributed by atoms with Crippen molar-refractivity contribution >= 4 is 49.9 Å². The number of ether oxygens (including phenoxy) is 1. The van der Waals surface area contributed by atoms with E-state index in [4.69, 9.17) is 4.74 Å². The highest BCUT2D eigenvalue weighted by atomic mass is 127. The summed E-state index contributed by atoms with van der Waals surface area (Å²) in [6.07, 6.45) is 1.68. The van der Waals surface area contributed by atoms with Gasteiger partial charge in [-0.15, -0.1) is 11.3 Å². The molecular weight excluding hydrogens is 425 g/mol. The van der Waals surface area contributed by atoms with Crippen molar-refractivity contribution in [2.75, 3.05) is 13.7 Å². The van der Waals surface area contributed by atoms with Gasteiger partial charge in [0.05, 0.1) is 9.49 Å². The molecule has 0 aliphatic heterocycles. The van der Waals surface area contributed by atoms with Gasteiger partial charge in [-0.3, -0.25) is 4.79 Å². The van der Waals surface area contributed by atoms with Crippen LogP contribution in [0.4, 0.5) is 0 Å². The Hall–Kier alpha value is -0.190. The molecule has 0 radical (unpaired) electrons. The van der Waals surface area contributed by atoms with Gasteiger partial charge in [-0.25, -0.2) is 13.1 Å². The van der Waals surface area contributed by atoms with E-state index in [1.54, 1.807) is 6.07 Å². The van der Waals surface area contributed by atoms with Crippen molar-refractivity contribution in [1.29, 1.82) is 0 Å². The number of carbonyl (C=O) groups is 1. The van der Waals surface area contributed by atoms with Crippen LogP contribution in [0.25, 0.3) is 0 Å². The lowest BCUT2D eigenvalue weighted by molar-refractivity contribution is -0.144. The van der Waals surface area contributed by atoms with Crippen LogP contribution in [0.15, 0.2) is 10.3 Å². The van der Waals surface area contributed by atoms with Gasteiger partial charge in [0.15, 0.2) is 0 Å². The Balaban J connectivity index is 2.52. The number of halogens is 1. The van der Waals surface area contributed by atoms with E-state index < -0.39 is 10.0 Å². The molecule has 0 aliphatic rings. The van der Waals surface area contributed by atoms with Crippen molar-refractivity contribution in [2.45, 2.75) is 37.3 Å². The van der Waals surface area contributed by atoms with Crippen LogP contribution in [0, 0.1) is 8.80 Å². The molecular formula is C13H20INO4S2. The van der Waals surface area contributed by atoms with E-state index >= 15 is 0 Å². The molecule has 0 saturated carbocycles. The fraction of sp³-hybridized carbons (Fsp3) is 0.615. The largest absolute Gasteiger partial charge is 0.465 e. The van der Waals surface area contributed by atoms with Gasteiger partial charge in [-0.2, -0.15) is 0 Å². The summed E-state index contributed by atoms with van der Waals surface area (Å²) < 4.78 is 32.1. The normalized spacial score (nSPS) is 11.9. The predicted molar refractivity (Wildman–Crippen MR) is 92.0 cm³/mol. The molecule has 0 aliphatic carbocycles. The monoisotopic (exact) mass is 445 g/mol. The van der Waals surface area contributed by atoms with E-state index in [1.807, 2.05) is 13.8 Å². The minimum absolute atomic E-state index is 0.197. The van der Waals surface area contributed by atoms with Crippen LogP contribution in [0.3, 0.4) is 0 Å². The fourth-order valence-electron chi connectivity index (χ4n) is 1.54. The third kappa shape index (κ3) is 6.21. The van der Waals surface area contributed by atoms with E-state index in [1.165, 1.54) is 18.4 Å². The zero-order chi connectivity index (χ0) is 16.0. The zero-order valence-corrected chi connectivity index (χ0v) is 16.1. The Bertz CT molecular complexity index is 581. The van der Waals surface area contributed by atoms with E-state index in [0.29, 0.717) is 36.0 Å². The van der Waals surface area contributed by atoms with Gasteiger partial charge in [-0.1, -0.05) is 13.8 Å². The number of nitrogens with one attached hydrogen (secondary N) is 1. The Morgan fingerprint density at radius 2 is 2.14 bits per heavy atom. The average Bonchev–Trinajstić information content (AvgIpc) is 2.79. The molecule has 0 spiro atoms. The number of hydrogen-bond acceptors (Lipinski definition) is 5. The number of aryl methyl sites for hydroxylation is 1. The van der Waals surface area contributed by atoms with E-state index in [9.17, 15) is 13.2 Å². The van der Waals surface area contributed by atoms with Crippen molar-refractivity contribution in [3.05, 3.63) is 14.5 Å². The number of rotatable bonds is 8. The van der Waals surface area contributed by atoms with Crippen LogP contribution in [-0.2, 0) is 26.0 Å². The first-order valence-electron chi connectivity index (χ1n) is 6.63. The summed E-state index contributed by atoms with van der Waals surface area (Å²) in [4.78, 5) is 11.5. The molecule has 120 valence electrons. The molecule has 1 aromatic heterocycles. The van der Waals surface area contributed by atoms with Crippen LogP contribution in [-0.4, -0.2) is 28.0 Å². The number of thiophene rings is 1. The summed E-state index contributed by atoms with van der Waals surface area (Å²) >= 11 is 3.37. The lowest BCUT2D eigenvalue weighted by Gasteiger charge is -2.06. The van der Waals surface area contributed by atoms with Gasteiger partial charge in [0, 0.05) is 6.42 Å². The first-order chi connectivity index (χ1) is 9.76. The maximum Gasteiger partial charge on any atom is 0.305 e. The molecule has 5 nitrogen and oxygen atoms in total. The van der Waals surface area contributed by atoms with Gasteiger partial charge in [0.2, 0.25) is 10.0 Å². The Morgan fingerprint density at radius 1 is 1.48 bits per heavy atom. The number of esters is 1. The molecule has 0 amide bonds. The van der Waals surface area contributed by atoms with Crippen LogP contribution in [0.2, 0.25) is 0 Å². The van der Waals surface area contributed by atoms with E-state index in [-0.39, 0.29) is 5.97 Å². The molecule has 0 saturated heterocycles. The van der Waals surface area contributed by atoms with Crippen molar-refractivity contribution in [1.82, 2.24) is 4.72 Å². The van der Waals surface area contributed by atoms with Crippen LogP contribution in [0.5, 0.6) is 0 Å². The summed E-state index contributed by atoms with van der Waals surface area (Å²) in [5.41, 5.74) is 0.964. The standard InChI is InChI=1S/C13H20INO4S2/c1-9(2)8-19-11(16)6-4-5-10-7-12(20-13(10)14)21(17,18)15-3/h7,9,15H,4-6,8H2,1-3H3. The van der Waals surface area contributed by atoms with Gasteiger partial charge in [-0.05, 0) is 60.0 Å². The molecule has 0 atom stereocenters. The summed E-state index contributed by atoms with van der Waals surface area (Å²) in [7, 11) is -1.99. The summed E-state index contributed by atoms with van der Waals surface area (Å²) in [5.74, 6) is 0.137. The number of carbonyl (C=O) groups excluding carboxylic acids is 1. The Kier molecular flexibility index (Phi) is 7.58. The molecule has 1 heterocycles. The van der Waals surface area contributed by atoms with Crippen molar-refractivity contribution in [3.63, 3.8) is 0 Å². The summed E-state index contributed by atoms with van der Waals surface area (Å²) in [6.45, 7) is 4.43. The zero-order valence-electron chi connectivity index (χ0n) is 12.3. The van der Waals surface area contributed by atoms with Crippen LogP contribution >= 0.6 is 33.9 Å². The van der Waals surface area contributed by atoms with E-state index in [0.717, 1.165) is 8.45 Å². The minimum Gasteiger partial charge on any atom is -0.465 e. The highest BCUT2D eigenvalue weighted by molar-refractivity contribution is 14.1. The van der Waals surface area contributed by atoms with Crippen molar-refractivity contribution < 1.29 is 17.9 Å². The smallest absolute Gasteiger partial charge is 0.305 e. The topological polar surface area (TPSA) is 72.5 Å². The predicted octanol–water partition coefficient (Wildman–Crippen LogP) is 2.78. The van der Waals surface area contributed by atoms with Gasteiger partial charge in [0.25, 0.3) is 0 Å². The van der Waals surface area contributed by atoms with Gasteiger partial charge >= 0.3 is 5.97 Å². The van der Waals surface area contributed by atoms with Crippen LogP contribution in [0.1, 0.15) is 32.3 Å². The molecule has 1 rings (SSSR count). The highest BCUT2D eigenvalue weighted by Crippen LogP contribution is 2.28. The maximum atomic E-state index is 11.7. The Morgan fingerprint density at radius 3 is 2.71 bits per heavy atom. The second-order valence-electron chi connectivity index (χ2n) is 5.00. The third-order valence-corrected chi connectivity index (χ3v) is 6.88. The second kappa shape index (κ2) is 8.44. The molecule has 8 heteroatoms. The quantitative estimate of drug-likeness (QED) is 0.494. The molecule has 1 aromatic rings. The number of hydrogen-bond donors (Lipinski definition) is 1. The first-order valence-corrected chi connectivity index (χ1v) is 10.0. The van der Waals surface area contributed by atoms with Crippen molar-refractivity contribution in [3.8, 4) is 0 Å². The van der Waals surface area contributed by atoms with E-state index in [2.05, 4.69) is 27.3 Å². The molecule has 0 aromatic carbocycles. The molecule has 1 N–H and O–H groups in total.